The Morgan fingerprint density at radius 1 is 1.32 bits per heavy atom. The van der Waals surface area contributed by atoms with Crippen LogP contribution in [0.2, 0.25) is 0 Å². The fraction of sp³-hybridized carbons (Fsp3) is 0.158. The Bertz CT molecular complexity index is 906. The molecule has 0 spiro atoms. The maximum Gasteiger partial charge on any atom is 0.262 e. The molecule has 6 nitrogen and oxygen atoms in total. The number of nitrogens with zero attached hydrogens (tertiary/aromatic N) is 2. The average molecular weight is 333 g/mol. The van der Waals surface area contributed by atoms with Crippen molar-refractivity contribution in [2.24, 2.45) is 10.7 Å². The molecule has 0 unspecified atom stereocenters. The summed E-state index contributed by atoms with van der Waals surface area (Å²) in [6.45, 7) is 2.52. The van der Waals surface area contributed by atoms with Gasteiger partial charge in [-0.1, -0.05) is 30.3 Å². The summed E-state index contributed by atoms with van der Waals surface area (Å²) in [5.74, 6) is -0.392. The number of methoxy groups -OCH3 is 1. The van der Waals surface area contributed by atoms with Crippen LogP contribution in [0.15, 0.2) is 47.5 Å². The number of ether oxygens (including phenoxy) is 1. The topological polar surface area (TPSA) is 85.0 Å². The first kappa shape index (κ1) is 15.4. The Morgan fingerprint density at radius 2 is 2.08 bits per heavy atom. The number of carbonyl (C=O) groups is 2. The number of carbonyl (C=O) groups excluding carboxylic acids is 2. The molecule has 6 heteroatoms. The first-order chi connectivity index (χ1) is 12.1. The average Bonchev–Trinajstić information content (AvgIpc) is 2.95. The number of hydrogen-bond donors (Lipinski definition) is 1. The van der Waals surface area contributed by atoms with E-state index in [1.54, 1.807) is 7.11 Å². The predicted octanol–water partition coefficient (Wildman–Crippen LogP) is 1.33. The van der Waals surface area contributed by atoms with Gasteiger partial charge in [0, 0.05) is 17.5 Å². The molecule has 0 saturated carbocycles. The lowest BCUT2D eigenvalue weighted by Gasteiger charge is -2.22. The number of nitrogens with two attached hydrogens (primary N) is 1. The molecule has 1 atom stereocenters. The summed E-state index contributed by atoms with van der Waals surface area (Å²) in [7, 11) is 1.58. The van der Waals surface area contributed by atoms with Crippen molar-refractivity contribution in [3.8, 4) is 5.75 Å². The first-order valence-electron chi connectivity index (χ1n) is 7.83. The van der Waals surface area contributed by atoms with Crippen molar-refractivity contribution < 1.29 is 14.3 Å². The van der Waals surface area contributed by atoms with Gasteiger partial charge >= 0.3 is 0 Å². The highest BCUT2D eigenvalue weighted by atomic mass is 16.5. The Morgan fingerprint density at radius 3 is 2.76 bits per heavy atom. The third-order valence-electron chi connectivity index (χ3n) is 4.48. The van der Waals surface area contributed by atoms with Crippen LogP contribution in [0, 0.1) is 6.54 Å². The molecular formula is C19H15N3O3. The Balaban J connectivity index is 1.98. The van der Waals surface area contributed by atoms with Crippen LogP contribution in [0.1, 0.15) is 16.7 Å². The zero-order valence-electron chi connectivity index (χ0n) is 13.5. The maximum absolute atomic E-state index is 12.6. The Kier molecular flexibility index (Phi) is 3.53. The van der Waals surface area contributed by atoms with Crippen molar-refractivity contribution in [1.82, 2.24) is 0 Å². The van der Waals surface area contributed by atoms with Crippen LogP contribution in [-0.2, 0) is 16.0 Å². The second-order valence-corrected chi connectivity index (χ2v) is 5.92. The number of anilines is 1. The molecule has 25 heavy (non-hydrogen) atoms. The molecule has 2 aromatic rings. The summed E-state index contributed by atoms with van der Waals surface area (Å²) in [5, 5.41) is 0. The van der Waals surface area contributed by atoms with Gasteiger partial charge in [0.2, 0.25) is 12.5 Å². The molecular weight excluding hydrogens is 318 g/mol. The fourth-order valence-electron chi connectivity index (χ4n) is 3.36. The molecule has 0 fully saturated rings. The van der Waals surface area contributed by atoms with Gasteiger partial charge in [-0.3, -0.25) is 19.5 Å². The SMILES string of the molecule is COc1cc2c3c(c1)C(c1ccccc1)=N[C]C(=O)N3[C@H](C(N)=O)C2. The zero-order valence-corrected chi connectivity index (χ0v) is 13.5. The highest BCUT2D eigenvalue weighted by molar-refractivity contribution is 6.22. The lowest BCUT2D eigenvalue weighted by molar-refractivity contribution is -0.122. The minimum atomic E-state index is -0.744. The van der Waals surface area contributed by atoms with Crippen LogP contribution < -0.4 is 15.4 Å². The second kappa shape index (κ2) is 5.73. The third-order valence-corrected chi connectivity index (χ3v) is 4.48. The van der Waals surface area contributed by atoms with Crippen molar-refractivity contribution in [3.63, 3.8) is 0 Å². The number of hydrogen-bond acceptors (Lipinski definition) is 4. The molecule has 4 rings (SSSR count). The van der Waals surface area contributed by atoms with E-state index in [1.165, 1.54) is 4.90 Å². The monoisotopic (exact) mass is 333 g/mol. The van der Waals surface area contributed by atoms with Crippen LogP contribution in [0.5, 0.6) is 5.75 Å². The number of primary amides is 1. The summed E-state index contributed by atoms with van der Waals surface area (Å²) >= 11 is 0. The number of aliphatic imine (C=N–C) groups is 1. The summed E-state index contributed by atoms with van der Waals surface area (Å²) in [6, 6.07) is 12.4. The van der Waals surface area contributed by atoms with E-state index >= 15 is 0 Å². The lowest BCUT2D eigenvalue weighted by Crippen LogP contribution is -2.46. The molecule has 2 aliphatic rings. The molecule has 0 saturated heterocycles. The van der Waals surface area contributed by atoms with Gasteiger partial charge in [0.1, 0.15) is 11.8 Å². The summed E-state index contributed by atoms with van der Waals surface area (Å²) < 4.78 is 5.39. The van der Waals surface area contributed by atoms with Gasteiger partial charge in [0.25, 0.3) is 5.91 Å². The van der Waals surface area contributed by atoms with E-state index < -0.39 is 17.9 Å². The van der Waals surface area contributed by atoms with E-state index in [1.807, 2.05) is 42.5 Å². The van der Waals surface area contributed by atoms with Crippen LogP contribution in [0.4, 0.5) is 5.69 Å². The second-order valence-electron chi connectivity index (χ2n) is 5.92. The molecule has 2 N–H and O–H groups in total. The van der Waals surface area contributed by atoms with Crippen LogP contribution >= 0.6 is 0 Å². The molecule has 0 aromatic heterocycles. The third kappa shape index (κ3) is 2.38. The molecule has 2 aromatic carbocycles. The van der Waals surface area contributed by atoms with E-state index in [4.69, 9.17) is 10.5 Å². The van der Waals surface area contributed by atoms with Crippen molar-refractivity contribution >= 4 is 23.2 Å². The molecule has 124 valence electrons. The predicted molar refractivity (Wildman–Crippen MR) is 92.5 cm³/mol. The highest BCUT2D eigenvalue weighted by Crippen LogP contribution is 2.41. The van der Waals surface area contributed by atoms with Crippen LogP contribution in [0.25, 0.3) is 0 Å². The van der Waals surface area contributed by atoms with E-state index in [0.29, 0.717) is 23.6 Å². The van der Waals surface area contributed by atoms with Gasteiger partial charge in [-0.05, 0) is 17.7 Å². The normalized spacial score (nSPS) is 18.4. The van der Waals surface area contributed by atoms with Gasteiger partial charge < -0.3 is 10.5 Å². The molecule has 2 amide bonds. The summed E-state index contributed by atoms with van der Waals surface area (Å²) in [6.07, 6.45) is 0.352. The lowest BCUT2D eigenvalue weighted by atomic mass is 9.97. The molecule has 2 aliphatic heterocycles. The van der Waals surface area contributed by atoms with E-state index in [-0.39, 0.29) is 0 Å². The van der Waals surface area contributed by atoms with Gasteiger partial charge in [-0.2, -0.15) is 0 Å². The minimum Gasteiger partial charge on any atom is -0.497 e. The molecule has 2 heterocycles. The minimum absolute atomic E-state index is 0.352. The quantitative estimate of drug-likeness (QED) is 0.919. The Labute approximate surface area is 144 Å². The summed E-state index contributed by atoms with van der Waals surface area (Å²) in [5.41, 5.74) is 9.19. The van der Waals surface area contributed by atoms with Gasteiger partial charge in [0.05, 0.1) is 18.5 Å². The molecule has 2 radical (unpaired) electrons. The van der Waals surface area contributed by atoms with Gasteiger partial charge in [-0.15, -0.1) is 0 Å². The Hall–Kier alpha value is -3.15. The van der Waals surface area contributed by atoms with Crippen molar-refractivity contribution in [1.29, 1.82) is 0 Å². The fourth-order valence-corrected chi connectivity index (χ4v) is 3.36. The van der Waals surface area contributed by atoms with Crippen LogP contribution in [-0.4, -0.2) is 30.7 Å². The van der Waals surface area contributed by atoms with Crippen molar-refractivity contribution in [2.45, 2.75) is 12.5 Å². The largest absolute Gasteiger partial charge is 0.497 e. The standard InChI is InChI=1S/C19H15N3O3/c1-25-13-7-12-8-15(19(20)24)22-16(23)10-21-17(14(9-13)18(12)22)11-5-3-2-4-6-11/h2-7,9,15H,8H2,1H3,(H2,20,24)/t15-/m0/s1. The van der Waals surface area contributed by atoms with Crippen molar-refractivity contribution in [3.05, 3.63) is 65.7 Å². The van der Waals surface area contributed by atoms with Gasteiger partial charge in [-0.25, -0.2) is 0 Å². The van der Waals surface area contributed by atoms with E-state index in [2.05, 4.69) is 11.5 Å². The first-order valence-corrected chi connectivity index (χ1v) is 7.83. The smallest absolute Gasteiger partial charge is 0.262 e. The van der Waals surface area contributed by atoms with Crippen LogP contribution in [0.3, 0.4) is 0 Å². The zero-order chi connectivity index (χ0) is 17.6. The summed E-state index contributed by atoms with van der Waals surface area (Å²) in [4.78, 5) is 30.1. The van der Waals surface area contributed by atoms with E-state index in [9.17, 15) is 9.59 Å². The number of rotatable bonds is 3. The van der Waals surface area contributed by atoms with E-state index in [0.717, 1.165) is 16.7 Å². The van der Waals surface area contributed by atoms with Gasteiger partial charge in [0.15, 0.2) is 0 Å². The maximum atomic E-state index is 12.6. The van der Waals surface area contributed by atoms with Crippen molar-refractivity contribution in [2.75, 3.05) is 12.0 Å². The molecule has 0 aliphatic carbocycles. The highest BCUT2D eigenvalue weighted by Gasteiger charge is 2.41. The number of amides is 2. The molecule has 0 bridgehead atoms. The number of benzene rings is 2.